The minimum Gasteiger partial charge on any atom is -0.482 e. The van der Waals surface area contributed by atoms with E-state index in [0.717, 1.165) is 0 Å². The van der Waals surface area contributed by atoms with Crippen molar-refractivity contribution in [2.75, 3.05) is 13.7 Å². The number of nitriles is 1. The van der Waals surface area contributed by atoms with Crippen molar-refractivity contribution >= 4 is 24.0 Å². The number of nitrogens with zero attached hydrogens (tertiary/aromatic N) is 1. The number of hydrogen-bond acceptors (Lipinski definition) is 6. The van der Waals surface area contributed by atoms with Gasteiger partial charge in [-0.1, -0.05) is 12.1 Å². The van der Waals surface area contributed by atoms with Crippen LogP contribution >= 0.6 is 0 Å². The standard InChI is InChI=1S/C14H13N3O5/c1-21-12(18)8-22-11-4-2-9(3-5-11)6-10(7-15)13(19)17-14(16)20/h2-6H,8H2,1H3,(H3,16,17,19,20)/b10-6-. The maximum Gasteiger partial charge on any atom is 0.343 e. The van der Waals surface area contributed by atoms with Crippen LogP contribution in [0.15, 0.2) is 29.8 Å². The van der Waals surface area contributed by atoms with E-state index in [1.165, 1.54) is 13.2 Å². The minimum atomic E-state index is -1.04. The summed E-state index contributed by atoms with van der Waals surface area (Å²) < 4.78 is 9.57. The summed E-state index contributed by atoms with van der Waals surface area (Å²) >= 11 is 0. The number of benzene rings is 1. The molecule has 0 saturated carbocycles. The van der Waals surface area contributed by atoms with Gasteiger partial charge in [0.05, 0.1) is 7.11 Å². The van der Waals surface area contributed by atoms with Gasteiger partial charge in [0.25, 0.3) is 5.91 Å². The zero-order valence-electron chi connectivity index (χ0n) is 11.7. The van der Waals surface area contributed by atoms with Crippen molar-refractivity contribution in [1.29, 1.82) is 5.26 Å². The molecule has 1 aromatic carbocycles. The van der Waals surface area contributed by atoms with Crippen LogP contribution < -0.4 is 15.8 Å². The highest BCUT2D eigenvalue weighted by Crippen LogP contribution is 2.14. The van der Waals surface area contributed by atoms with Crippen LogP contribution in [-0.4, -0.2) is 31.6 Å². The van der Waals surface area contributed by atoms with E-state index in [0.29, 0.717) is 11.3 Å². The van der Waals surface area contributed by atoms with Gasteiger partial charge >= 0.3 is 12.0 Å². The van der Waals surface area contributed by atoms with Crippen molar-refractivity contribution < 1.29 is 23.9 Å². The smallest absolute Gasteiger partial charge is 0.343 e. The van der Waals surface area contributed by atoms with Crippen LogP contribution in [0.4, 0.5) is 4.79 Å². The quantitative estimate of drug-likeness (QED) is 0.458. The fourth-order valence-corrected chi connectivity index (χ4v) is 1.36. The van der Waals surface area contributed by atoms with Gasteiger partial charge in [-0.2, -0.15) is 5.26 Å². The van der Waals surface area contributed by atoms with E-state index in [9.17, 15) is 14.4 Å². The number of ether oxygens (including phenoxy) is 2. The molecule has 8 nitrogen and oxygen atoms in total. The van der Waals surface area contributed by atoms with Crippen molar-refractivity contribution in [3.8, 4) is 11.8 Å². The Kier molecular flexibility index (Phi) is 6.12. The number of primary amides is 1. The second kappa shape index (κ2) is 8.06. The molecule has 3 N–H and O–H groups in total. The van der Waals surface area contributed by atoms with Crippen LogP contribution in [0.2, 0.25) is 0 Å². The van der Waals surface area contributed by atoms with E-state index in [4.69, 9.17) is 15.7 Å². The minimum absolute atomic E-state index is 0.226. The molecule has 0 saturated heterocycles. The number of hydrogen-bond donors (Lipinski definition) is 2. The van der Waals surface area contributed by atoms with Crippen LogP contribution in [0.5, 0.6) is 5.75 Å². The molecule has 0 spiro atoms. The van der Waals surface area contributed by atoms with Gasteiger partial charge in [0, 0.05) is 0 Å². The summed E-state index contributed by atoms with van der Waals surface area (Å²) in [6, 6.07) is 6.87. The molecule has 0 unspecified atom stereocenters. The Balaban J connectivity index is 2.78. The van der Waals surface area contributed by atoms with E-state index in [2.05, 4.69) is 4.74 Å². The highest BCUT2D eigenvalue weighted by atomic mass is 16.6. The number of urea groups is 1. The van der Waals surface area contributed by atoms with Gasteiger partial charge in [-0.05, 0) is 23.8 Å². The molecular formula is C14H13N3O5. The van der Waals surface area contributed by atoms with Crippen molar-refractivity contribution in [2.24, 2.45) is 5.73 Å². The van der Waals surface area contributed by atoms with E-state index in [1.54, 1.807) is 35.7 Å². The first-order valence-corrected chi connectivity index (χ1v) is 5.98. The molecule has 0 aromatic heterocycles. The molecule has 0 aliphatic carbocycles. The summed E-state index contributed by atoms with van der Waals surface area (Å²) in [5, 5.41) is 10.7. The first kappa shape index (κ1) is 16.7. The third-order valence-corrected chi connectivity index (χ3v) is 2.38. The molecule has 1 aromatic rings. The Hall–Kier alpha value is -3.34. The average molecular weight is 303 g/mol. The van der Waals surface area contributed by atoms with Crippen LogP contribution in [0.25, 0.3) is 6.08 Å². The lowest BCUT2D eigenvalue weighted by Crippen LogP contribution is -2.35. The van der Waals surface area contributed by atoms with Crippen LogP contribution in [0, 0.1) is 11.3 Å². The molecular weight excluding hydrogens is 290 g/mol. The van der Waals surface area contributed by atoms with Gasteiger partial charge in [0.2, 0.25) is 0 Å². The Morgan fingerprint density at radius 1 is 1.32 bits per heavy atom. The Bertz CT molecular complexity index is 643. The van der Waals surface area contributed by atoms with E-state index in [-0.39, 0.29) is 12.2 Å². The number of imide groups is 1. The number of rotatable bonds is 5. The van der Waals surface area contributed by atoms with Crippen molar-refractivity contribution in [2.45, 2.75) is 0 Å². The Labute approximate surface area is 126 Å². The van der Waals surface area contributed by atoms with Gasteiger partial charge in [-0.25, -0.2) is 9.59 Å². The number of carbonyl (C=O) groups is 3. The number of nitrogens with two attached hydrogens (primary N) is 1. The molecule has 0 fully saturated rings. The number of esters is 1. The second-order valence-electron chi connectivity index (χ2n) is 3.92. The largest absolute Gasteiger partial charge is 0.482 e. The molecule has 0 aliphatic rings. The lowest BCUT2D eigenvalue weighted by atomic mass is 10.1. The molecule has 0 aliphatic heterocycles. The van der Waals surface area contributed by atoms with Crippen LogP contribution in [-0.2, 0) is 14.3 Å². The molecule has 0 atom stereocenters. The highest BCUT2D eigenvalue weighted by molar-refractivity contribution is 6.08. The molecule has 0 heterocycles. The number of nitrogens with one attached hydrogen (secondary N) is 1. The lowest BCUT2D eigenvalue weighted by Gasteiger charge is -2.05. The van der Waals surface area contributed by atoms with Crippen LogP contribution in [0.3, 0.4) is 0 Å². The molecule has 3 amide bonds. The number of carbonyl (C=O) groups excluding carboxylic acids is 3. The van der Waals surface area contributed by atoms with E-state index < -0.39 is 17.9 Å². The summed E-state index contributed by atoms with van der Waals surface area (Å²) in [6.07, 6.45) is 1.28. The first-order valence-electron chi connectivity index (χ1n) is 5.98. The van der Waals surface area contributed by atoms with Gasteiger partial charge in [-0.15, -0.1) is 0 Å². The van der Waals surface area contributed by atoms with Gasteiger partial charge < -0.3 is 15.2 Å². The fraction of sp³-hybridized carbons (Fsp3) is 0.143. The third-order valence-electron chi connectivity index (χ3n) is 2.38. The highest BCUT2D eigenvalue weighted by Gasteiger charge is 2.10. The number of amides is 3. The van der Waals surface area contributed by atoms with Crippen molar-refractivity contribution in [3.63, 3.8) is 0 Å². The zero-order valence-corrected chi connectivity index (χ0v) is 11.7. The molecule has 0 bridgehead atoms. The molecule has 1 rings (SSSR count). The monoisotopic (exact) mass is 303 g/mol. The number of methoxy groups -OCH3 is 1. The summed E-state index contributed by atoms with van der Waals surface area (Å²) in [5.74, 6) is -0.984. The Morgan fingerprint density at radius 2 is 1.95 bits per heavy atom. The van der Waals surface area contributed by atoms with Crippen LogP contribution in [0.1, 0.15) is 5.56 Å². The van der Waals surface area contributed by atoms with Gasteiger partial charge in [0.15, 0.2) is 6.61 Å². The zero-order chi connectivity index (χ0) is 16.5. The molecule has 114 valence electrons. The predicted octanol–water partition coefficient (Wildman–Crippen LogP) is 0.340. The van der Waals surface area contributed by atoms with Crippen molar-refractivity contribution in [1.82, 2.24) is 5.32 Å². The average Bonchev–Trinajstić information content (AvgIpc) is 2.50. The molecule has 8 heteroatoms. The summed E-state index contributed by atoms with van der Waals surface area (Å²) in [6.45, 7) is -0.226. The summed E-state index contributed by atoms with van der Waals surface area (Å²) in [7, 11) is 1.25. The van der Waals surface area contributed by atoms with Gasteiger partial charge in [0.1, 0.15) is 17.4 Å². The lowest BCUT2D eigenvalue weighted by molar-refractivity contribution is -0.142. The molecule has 22 heavy (non-hydrogen) atoms. The normalized spacial score (nSPS) is 10.3. The first-order chi connectivity index (χ1) is 10.5. The predicted molar refractivity (Wildman–Crippen MR) is 75.3 cm³/mol. The van der Waals surface area contributed by atoms with E-state index in [1.807, 2.05) is 0 Å². The molecule has 0 radical (unpaired) electrons. The summed E-state index contributed by atoms with van der Waals surface area (Å²) in [5.41, 5.74) is 5.06. The Morgan fingerprint density at radius 3 is 2.45 bits per heavy atom. The van der Waals surface area contributed by atoms with Gasteiger partial charge in [-0.3, -0.25) is 10.1 Å². The fourth-order valence-electron chi connectivity index (χ4n) is 1.36. The maximum absolute atomic E-state index is 11.5. The maximum atomic E-state index is 11.5. The third kappa shape index (κ3) is 5.34. The van der Waals surface area contributed by atoms with E-state index >= 15 is 0 Å². The second-order valence-corrected chi connectivity index (χ2v) is 3.92. The topological polar surface area (TPSA) is 132 Å². The SMILES string of the molecule is COC(=O)COc1ccc(/C=C(/C#N)C(=O)NC(N)=O)cc1. The summed E-state index contributed by atoms with van der Waals surface area (Å²) in [4.78, 5) is 33.0. The van der Waals surface area contributed by atoms with Crippen molar-refractivity contribution in [3.05, 3.63) is 35.4 Å².